The molecule has 0 aliphatic carbocycles. The predicted octanol–water partition coefficient (Wildman–Crippen LogP) is 3.89. The van der Waals surface area contributed by atoms with Gasteiger partial charge in [-0.3, -0.25) is 4.79 Å². The van der Waals surface area contributed by atoms with E-state index in [1.807, 2.05) is 38.1 Å². The minimum Gasteiger partial charge on any atom is -0.458 e. The lowest BCUT2D eigenvalue weighted by molar-refractivity contribution is 0.0982. The van der Waals surface area contributed by atoms with Crippen LogP contribution >= 0.6 is 0 Å². The molecule has 4 rings (SSSR count). The average molecular weight is 280 g/mol. The van der Waals surface area contributed by atoms with Crippen molar-refractivity contribution in [1.29, 1.82) is 0 Å². The highest BCUT2D eigenvalue weighted by atomic mass is 16.3. The first-order valence-corrected chi connectivity index (χ1v) is 7.25. The fourth-order valence-corrected chi connectivity index (χ4v) is 3.03. The topological polar surface area (TPSA) is 48.0 Å². The second kappa shape index (κ2) is 4.32. The van der Waals surface area contributed by atoms with Gasteiger partial charge < -0.3 is 8.98 Å². The van der Waals surface area contributed by atoms with E-state index in [0.29, 0.717) is 6.42 Å². The lowest BCUT2D eigenvalue weighted by Gasteiger charge is -2.05. The van der Waals surface area contributed by atoms with Gasteiger partial charge in [-0.25, -0.2) is 4.98 Å². The maximum atomic E-state index is 12.2. The summed E-state index contributed by atoms with van der Waals surface area (Å²) in [5.41, 5.74) is 3.71. The summed E-state index contributed by atoms with van der Waals surface area (Å²) in [6, 6.07) is 7.78. The highest BCUT2D eigenvalue weighted by Gasteiger charge is 2.23. The molecule has 1 aliphatic heterocycles. The van der Waals surface area contributed by atoms with Crippen LogP contribution in [0.2, 0.25) is 0 Å². The zero-order chi connectivity index (χ0) is 14.6. The first kappa shape index (κ1) is 12.4. The molecule has 21 heavy (non-hydrogen) atoms. The molecule has 1 aliphatic rings. The molecule has 0 atom stereocenters. The highest BCUT2D eigenvalue weighted by molar-refractivity contribution is 6.07. The van der Waals surface area contributed by atoms with Gasteiger partial charge in [-0.1, -0.05) is 6.07 Å². The lowest BCUT2D eigenvalue weighted by atomic mass is 10.1. The number of carbonyl (C=O) groups excluding carboxylic acids is 1. The largest absolute Gasteiger partial charge is 0.458 e. The molecule has 0 radical (unpaired) electrons. The molecule has 0 amide bonds. The van der Waals surface area contributed by atoms with Crippen molar-refractivity contribution in [1.82, 2.24) is 9.55 Å². The van der Waals surface area contributed by atoms with Gasteiger partial charge in [-0.05, 0) is 44.0 Å². The van der Waals surface area contributed by atoms with Crippen LogP contribution in [-0.2, 0) is 6.54 Å². The lowest BCUT2D eigenvalue weighted by Crippen LogP contribution is -1.99. The van der Waals surface area contributed by atoms with Gasteiger partial charge >= 0.3 is 0 Å². The molecule has 3 heterocycles. The van der Waals surface area contributed by atoms with Crippen LogP contribution in [0.25, 0.3) is 22.6 Å². The molecule has 1 aromatic carbocycles. The molecule has 2 aromatic heterocycles. The third-order valence-corrected chi connectivity index (χ3v) is 4.24. The summed E-state index contributed by atoms with van der Waals surface area (Å²) < 4.78 is 7.97. The van der Waals surface area contributed by atoms with Gasteiger partial charge in [0.25, 0.3) is 0 Å². The standard InChI is InChI=1S/C17H16N2O2/c1-10-9-15(21-11(10)2)17-18-13-6-3-5-12-14(20)7-4-8-19(17)16(12)13/h3,5-6,9H,4,7-8H2,1-2H3. The SMILES string of the molecule is Cc1cc(-c2nc3cccc4c3n2CCCC4=O)oc1C. The summed E-state index contributed by atoms with van der Waals surface area (Å²) in [5.74, 6) is 2.72. The molecule has 0 spiro atoms. The summed E-state index contributed by atoms with van der Waals surface area (Å²) in [6.07, 6.45) is 1.43. The van der Waals surface area contributed by atoms with E-state index in [1.165, 1.54) is 0 Å². The van der Waals surface area contributed by atoms with E-state index in [0.717, 1.165) is 52.5 Å². The van der Waals surface area contributed by atoms with E-state index in [2.05, 4.69) is 4.57 Å². The Kier molecular flexibility index (Phi) is 2.55. The molecule has 3 aromatic rings. The van der Waals surface area contributed by atoms with Gasteiger partial charge in [-0.2, -0.15) is 0 Å². The second-order valence-electron chi connectivity index (χ2n) is 5.64. The number of hydrogen-bond donors (Lipinski definition) is 0. The Labute approximate surface area is 122 Å². The van der Waals surface area contributed by atoms with E-state index in [-0.39, 0.29) is 5.78 Å². The molecular weight excluding hydrogens is 264 g/mol. The van der Waals surface area contributed by atoms with E-state index >= 15 is 0 Å². The van der Waals surface area contributed by atoms with Gasteiger partial charge in [-0.15, -0.1) is 0 Å². The van der Waals surface area contributed by atoms with Crippen LogP contribution in [0, 0.1) is 13.8 Å². The maximum Gasteiger partial charge on any atom is 0.177 e. The summed E-state index contributed by atoms with van der Waals surface area (Å²) in [7, 11) is 0. The number of imidazole rings is 1. The van der Waals surface area contributed by atoms with Crippen LogP contribution in [0.15, 0.2) is 28.7 Å². The minimum absolute atomic E-state index is 0.206. The summed E-state index contributed by atoms with van der Waals surface area (Å²) >= 11 is 0. The third-order valence-electron chi connectivity index (χ3n) is 4.24. The van der Waals surface area contributed by atoms with Crippen LogP contribution in [0.4, 0.5) is 0 Å². The maximum absolute atomic E-state index is 12.2. The van der Waals surface area contributed by atoms with Crippen molar-refractivity contribution < 1.29 is 9.21 Å². The summed E-state index contributed by atoms with van der Waals surface area (Å²) in [6.45, 7) is 4.79. The molecule has 106 valence electrons. The zero-order valence-electron chi connectivity index (χ0n) is 12.1. The van der Waals surface area contributed by atoms with E-state index in [9.17, 15) is 4.79 Å². The zero-order valence-corrected chi connectivity index (χ0v) is 12.1. The van der Waals surface area contributed by atoms with Crippen molar-refractivity contribution in [3.8, 4) is 11.6 Å². The van der Waals surface area contributed by atoms with E-state index < -0.39 is 0 Å². The van der Waals surface area contributed by atoms with Crippen LogP contribution in [0.3, 0.4) is 0 Å². The van der Waals surface area contributed by atoms with Gasteiger partial charge in [0.2, 0.25) is 0 Å². The first-order valence-electron chi connectivity index (χ1n) is 7.25. The molecule has 0 saturated carbocycles. The Bertz CT molecular complexity index is 851. The monoisotopic (exact) mass is 280 g/mol. The Hall–Kier alpha value is -2.36. The number of benzene rings is 1. The number of aryl methyl sites for hydroxylation is 3. The number of Topliss-reactive ketones (excluding diaryl/α,β-unsaturated/α-hetero) is 1. The van der Waals surface area contributed by atoms with Gasteiger partial charge in [0.15, 0.2) is 17.4 Å². The van der Waals surface area contributed by atoms with Crippen LogP contribution < -0.4 is 0 Å². The fraction of sp³-hybridized carbons (Fsp3) is 0.294. The molecule has 4 nitrogen and oxygen atoms in total. The first-order chi connectivity index (χ1) is 10.1. The number of ketones is 1. The average Bonchev–Trinajstić information content (AvgIpc) is 2.94. The Morgan fingerprint density at radius 1 is 1.29 bits per heavy atom. The number of hydrogen-bond acceptors (Lipinski definition) is 3. The van der Waals surface area contributed by atoms with Crippen molar-refractivity contribution >= 4 is 16.8 Å². The molecular formula is C17H16N2O2. The van der Waals surface area contributed by atoms with Gasteiger partial charge in [0, 0.05) is 18.5 Å². The highest BCUT2D eigenvalue weighted by Crippen LogP contribution is 2.32. The Balaban J connectivity index is 2.05. The minimum atomic E-state index is 0.206. The van der Waals surface area contributed by atoms with Crippen molar-refractivity contribution in [3.05, 3.63) is 41.2 Å². The molecule has 0 saturated heterocycles. The van der Waals surface area contributed by atoms with Crippen molar-refractivity contribution in [2.24, 2.45) is 0 Å². The van der Waals surface area contributed by atoms with Crippen molar-refractivity contribution in [2.75, 3.05) is 0 Å². The van der Waals surface area contributed by atoms with Crippen LogP contribution in [-0.4, -0.2) is 15.3 Å². The Morgan fingerprint density at radius 2 is 2.14 bits per heavy atom. The van der Waals surface area contributed by atoms with Crippen LogP contribution in [0.1, 0.15) is 34.5 Å². The molecule has 0 bridgehead atoms. The number of para-hydroxylation sites is 1. The molecule has 4 heteroatoms. The number of aromatic nitrogens is 2. The number of carbonyl (C=O) groups is 1. The van der Waals surface area contributed by atoms with Crippen molar-refractivity contribution in [2.45, 2.75) is 33.2 Å². The summed E-state index contributed by atoms with van der Waals surface area (Å²) in [5, 5.41) is 0. The second-order valence-corrected chi connectivity index (χ2v) is 5.64. The summed E-state index contributed by atoms with van der Waals surface area (Å²) in [4.78, 5) is 16.9. The van der Waals surface area contributed by atoms with Gasteiger partial charge in [0.05, 0.1) is 11.0 Å². The molecule has 0 unspecified atom stereocenters. The number of nitrogens with zero attached hydrogens (tertiary/aromatic N) is 2. The molecule has 0 N–H and O–H groups in total. The van der Waals surface area contributed by atoms with E-state index in [4.69, 9.17) is 9.40 Å². The van der Waals surface area contributed by atoms with Gasteiger partial charge in [0.1, 0.15) is 5.76 Å². The normalized spacial score (nSPS) is 14.7. The number of furan rings is 1. The predicted molar refractivity (Wildman–Crippen MR) is 80.5 cm³/mol. The van der Waals surface area contributed by atoms with Crippen molar-refractivity contribution in [3.63, 3.8) is 0 Å². The van der Waals surface area contributed by atoms with Crippen LogP contribution in [0.5, 0.6) is 0 Å². The number of rotatable bonds is 1. The smallest absolute Gasteiger partial charge is 0.177 e. The fourth-order valence-electron chi connectivity index (χ4n) is 3.03. The third kappa shape index (κ3) is 1.75. The molecule has 0 fully saturated rings. The Morgan fingerprint density at radius 3 is 2.90 bits per heavy atom. The van der Waals surface area contributed by atoms with E-state index in [1.54, 1.807) is 0 Å². The quantitative estimate of drug-likeness (QED) is 0.679.